The lowest BCUT2D eigenvalue weighted by molar-refractivity contribution is -0.144. The molecule has 0 radical (unpaired) electrons. The lowest BCUT2D eigenvalue weighted by Gasteiger charge is -2.36. The molecule has 2 heterocycles. The highest BCUT2D eigenvalue weighted by atomic mass is 16.2. The molecule has 2 aliphatic heterocycles. The Balaban J connectivity index is 1.26. The molecule has 2 aliphatic carbocycles. The topological polar surface area (TPSA) is 227 Å². The third-order valence-corrected chi connectivity index (χ3v) is 13.9. The number of nitrogens with zero attached hydrogens (tertiary/aromatic N) is 2. The van der Waals surface area contributed by atoms with Gasteiger partial charge in [-0.2, -0.15) is 0 Å². The fraction of sp³-hybridized carbons (Fsp3) is 0.708. The molecule has 17 heteroatoms. The van der Waals surface area contributed by atoms with Gasteiger partial charge in [-0.25, -0.2) is 0 Å². The molecule has 0 bridgehead atoms. The third kappa shape index (κ3) is 12.5. The normalized spacial score (nSPS) is 26.4. The lowest BCUT2D eigenvalue weighted by Crippen LogP contribution is -2.59. The molecule has 1 aromatic rings. The Bertz CT molecular complexity index is 1930. The van der Waals surface area contributed by atoms with Gasteiger partial charge in [0.05, 0.1) is 24.2 Å². The van der Waals surface area contributed by atoms with Gasteiger partial charge in [0.25, 0.3) is 0 Å². The fourth-order valence-electron chi connectivity index (χ4n) is 9.69. The molecule has 4 aliphatic rings. The summed E-state index contributed by atoms with van der Waals surface area (Å²) in [7, 11) is 3.31. The van der Waals surface area contributed by atoms with Gasteiger partial charge in [0.1, 0.15) is 24.4 Å². The number of hydrogen-bond donors (Lipinski definition) is 7. The predicted octanol–water partition coefficient (Wildman–Crippen LogP) is 1.63. The van der Waals surface area contributed by atoms with E-state index in [0.717, 1.165) is 24.8 Å². The van der Waals surface area contributed by atoms with Crippen LogP contribution in [0, 0.1) is 22.7 Å². The molecule has 5 rings (SSSR count). The quantitative estimate of drug-likeness (QED) is 0.126. The van der Waals surface area contributed by atoms with Gasteiger partial charge in [-0.15, -0.1) is 0 Å². The van der Waals surface area contributed by atoms with Crippen molar-refractivity contribution in [2.75, 3.05) is 27.2 Å². The van der Waals surface area contributed by atoms with Crippen LogP contribution < -0.4 is 37.2 Å². The van der Waals surface area contributed by atoms with Crippen molar-refractivity contribution in [3.05, 3.63) is 35.4 Å². The zero-order valence-corrected chi connectivity index (χ0v) is 40.2. The van der Waals surface area contributed by atoms with E-state index < -0.39 is 82.8 Å². The van der Waals surface area contributed by atoms with E-state index in [0.29, 0.717) is 25.5 Å². The number of nitrogens with one attached hydrogen (secondary N) is 7. The number of carbonyl (C=O) groups is 8. The first-order chi connectivity index (χ1) is 30.6. The van der Waals surface area contributed by atoms with Gasteiger partial charge in [-0.3, -0.25) is 33.6 Å². The van der Waals surface area contributed by atoms with Gasteiger partial charge in [-0.1, -0.05) is 72.2 Å². The van der Waals surface area contributed by atoms with Crippen LogP contribution in [0.25, 0.3) is 0 Å². The van der Waals surface area contributed by atoms with Crippen LogP contribution in [0.2, 0.25) is 0 Å². The molecule has 0 aromatic heterocycles. The summed E-state index contributed by atoms with van der Waals surface area (Å²) in [6.45, 7) is 14.7. The van der Waals surface area contributed by atoms with E-state index in [2.05, 4.69) is 43.3 Å². The molecule has 0 spiro atoms. The monoisotopic (exact) mass is 906 g/mol. The van der Waals surface area contributed by atoms with Crippen LogP contribution in [-0.4, -0.2) is 133 Å². The Morgan fingerprint density at radius 3 is 1.68 bits per heavy atom. The van der Waals surface area contributed by atoms with Gasteiger partial charge >= 0.3 is 0 Å². The Morgan fingerprint density at radius 2 is 1.15 bits per heavy atom. The highest BCUT2D eigenvalue weighted by Gasteiger charge is 2.47. The molecular formula is C48H75N9O8. The van der Waals surface area contributed by atoms with Crippen LogP contribution in [0.1, 0.15) is 124 Å². The molecule has 17 nitrogen and oxygen atoms in total. The van der Waals surface area contributed by atoms with Crippen LogP contribution in [0.5, 0.6) is 0 Å². The molecule has 1 aromatic carbocycles. The van der Waals surface area contributed by atoms with Crippen LogP contribution in [0.4, 0.5) is 0 Å². The molecule has 1 saturated carbocycles. The maximum atomic E-state index is 14.6. The summed E-state index contributed by atoms with van der Waals surface area (Å²) >= 11 is 0. The summed E-state index contributed by atoms with van der Waals surface area (Å²) in [5, 5.41) is 21.0. The molecule has 360 valence electrons. The van der Waals surface area contributed by atoms with E-state index in [1.54, 1.807) is 27.9 Å². The van der Waals surface area contributed by atoms with E-state index in [1.165, 1.54) is 15.4 Å². The Morgan fingerprint density at radius 1 is 0.646 bits per heavy atom. The minimum absolute atomic E-state index is 0.0631. The van der Waals surface area contributed by atoms with Crippen molar-refractivity contribution in [3.63, 3.8) is 0 Å². The third-order valence-electron chi connectivity index (χ3n) is 13.9. The number of benzene rings is 1. The number of hydrogen-bond acceptors (Lipinski definition) is 10. The van der Waals surface area contributed by atoms with Crippen LogP contribution in [0.3, 0.4) is 0 Å². The first kappa shape index (κ1) is 51.1. The van der Waals surface area contributed by atoms with Crippen molar-refractivity contribution in [1.82, 2.24) is 47.0 Å². The van der Waals surface area contributed by atoms with Gasteiger partial charge in [0.2, 0.25) is 41.4 Å². The largest absolute Gasteiger partial charge is 0.351 e. The summed E-state index contributed by atoms with van der Waals surface area (Å²) in [5.74, 6) is -3.32. The van der Waals surface area contributed by atoms with Crippen molar-refractivity contribution in [2.45, 2.75) is 168 Å². The number of likely N-dealkylation sites (tertiary alicyclic amines) is 2. The van der Waals surface area contributed by atoms with E-state index in [4.69, 9.17) is 0 Å². The van der Waals surface area contributed by atoms with Gasteiger partial charge in [0, 0.05) is 37.0 Å². The number of likely N-dealkylation sites (N-methyl/N-ethyl adjacent to an activating group) is 2. The first-order valence-corrected chi connectivity index (χ1v) is 23.6. The standard InChI is InChI=1S/C48H75N9O8/c1-27(49-9)40(59)54-38(47(3,4)5)45(64)56-24-32(22-34(56)26-58)51-42(61)30-17-13-18-31(21-30)43(62)52-33-23-37(44(63)53-36-20-14-16-29-15-11-12-19-35(29)36)57(25-33)46(65)39(48(6,7)8)55-41(60)28(2)50-10/h11-12,15,19,26-28,30-34,36-39,49-50H,13-14,16-18,20-25H2,1-10H3,(H,51,61)(H,52,62)(H,53,63)(H,54,59)(H,55,60)/t27-,28-,30?,31?,32-,33-,34?,36+,37?,38+,39?/m0/s1. The average molecular weight is 906 g/mol. The van der Waals surface area contributed by atoms with Crippen molar-refractivity contribution in [1.29, 1.82) is 0 Å². The number of fused-ring (bicyclic) bond motifs is 1. The van der Waals surface area contributed by atoms with Gasteiger partial charge < -0.3 is 51.8 Å². The summed E-state index contributed by atoms with van der Waals surface area (Å²) in [6.07, 6.45) is 5.72. The fourth-order valence-corrected chi connectivity index (χ4v) is 9.69. The summed E-state index contributed by atoms with van der Waals surface area (Å²) < 4.78 is 0. The van der Waals surface area contributed by atoms with Crippen molar-refractivity contribution in [2.24, 2.45) is 22.7 Å². The zero-order valence-electron chi connectivity index (χ0n) is 40.2. The lowest BCUT2D eigenvalue weighted by atomic mass is 9.80. The molecule has 7 N–H and O–H groups in total. The van der Waals surface area contributed by atoms with Crippen molar-refractivity contribution < 1.29 is 38.4 Å². The SMILES string of the molecule is CN[C@@H](C)C(=O)NC(C(=O)N1C[C@@H](NC(=O)C2CCCC(C(=O)N[C@H]3CC(C=O)N(C(=O)[C@@H](NC(=O)[C@H](C)NC)C(C)(C)C)C3)C2)CC1C(=O)N[C@@H]1CCCc2ccccc21)C(C)(C)C. The van der Waals surface area contributed by atoms with Crippen LogP contribution in [0.15, 0.2) is 24.3 Å². The smallest absolute Gasteiger partial charge is 0.246 e. The number of aryl methyl sites for hydroxylation is 1. The molecule has 11 atom stereocenters. The second-order valence-electron chi connectivity index (χ2n) is 20.9. The maximum Gasteiger partial charge on any atom is 0.246 e. The molecular weight excluding hydrogens is 831 g/mol. The Labute approximate surface area is 384 Å². The minimum atomic E-state index is -0.955. The van der Waals surface area contributed by atoms with Gasteiger partial charge in [-0.05, 0) is 101 Å². The summed E-state index contributed by atoms with van der Waals surface area (Å²) in [5.41, 5.74) is 0.868. The van der Waals surface area contributed by atoms with Crippen LogP contribution in [-0.2, 0) is 44.8 Å². The highest BCUT2D eigenvalue weighted by molar-refractivity contribution is 5.95. The van der Waals surface area contributed by atoms with E-state index in [1.807, 2.05) is 59.7 Å². The Hall–Kier alpha value is -4.90. The second-order valence-corrected chi connectivity index (χ2v) is 20.9. The molecule has 5 unspecified atom stereocenters. The molecule has 2 saturated heterocycles. The molecule has 7 amide bonds. The number of rotatable bonds is 15. The second kappa shape index (κ2) is 21.6. The average Bonchev–Trinajstić information content (AvgIpc) is 3.89. The molecule has 65 heavy (non-hydrogen) atoms. The highest BCUT2D eigenvalue weighted by Crippen LogP contribution is 2.34. The molecule has 3 fully saturated rings. The van der Waals surface area contributed by atoms with Crippen molar-refractivity contribution in [3.8, 4) is 0 Å². The first-order valence-electron chi connectivity index (χ1n) is 23.6. The van der Waals surface area contributed by atoms with E-state index >= 15 is 0 Å². The summed E-state index contributed by atoms with van der Waals surface area (Å²) in [6, 6.07) is 2.10. The Kier molecular flexibility index (Phi) is 17.0. The predicted molar refractivity (Wildman–Crippen MR) is 246 cm³/mol. The number of amides is 7. The minimum Gasteiger partial charge on any atom is -0.351 e. The summed E-state index contributed by atoms with van der Waals surface area (Å²) in [4.78, 5) is 112. The van der Waals surface area contributed by atoms with Gasteiger partial charge in [0.15, 0.2) is 0 Å². The van der Waals surface area contributed by atoms with E-state index in [-0.39, 0.29) is 67.9 Å². The maximum absolute atomic E-state index is 14.6. The number of carbonyl (C=O) groups excluding carboxylic acids is 8. The van der Waals surface area contributed by atoms with E-state index in [9.17, 15) is 38.4 Å². The number of aldehydes is 1. The van der Waals surface area contributed by atoms with Crippen molar-refractivity contribution >= 4 is 47.6 Å². The zero-order chi connectivity index (χ0) is 48.0. The van der Waals surface area contributed by atoms with Crippen LogP contribution >= 0.6 is 0 Å².